The molecular weight excluding hydrogens is 488 g/mol. The van der Waals surface area contributed by atoms with E-state index in [1.807, 2.05) is 31.2 Å². The number of carbonyl (C=O) groups is 1. The normalized spacial score (nSPS) is 32.0. The third kappa shape index (κ3) is 5.54. The number of rotatable bonds is 10. The van der Waals surface area contributed by atoms with E-state index >= 15 is 0 Å². The molecule has 1 spiro atoms. The number of esters is 1. The monoisotopic (exact) mass is 534 g/mol. The van der Waals surface area contributed by atoms with Gasteiger partial charge in [-0.1, -0.05) is 46.8 Å². The predicted molar refractivity (Wildman–Crippen MR) is 146 cm³/mol. The Kier molecular flexibility index (Phi) is 9.67. The lowest BCUT2D eigenvalue weighted by Gasteiger charge is -2.56. The van der Waals surface area contributed by atoms with Crippen LogP contribution in [-0.2, 0) is 23.4 Å². The first-order valence-electron chi connectivity index (χ1n) is 13.7. The average Bonchev–Trinajstić information content (AvgIpc) is 3.14. The Morgan fingerprint density at radius 1 is 1.19 bits per heavy atom. The van der Waals surface area contributed by atoms with Gasteiger partial charge >= 0.3 is 5.97 Å². The van der Waals surface area contributed by atoms with Crippen LogP contribution in [0.15, 0.2) is 35.9 Å². The van der Waals surface area contributed by atoms with Crippen molar-refractivity contribution >= 4 is 14.3 Å². The standard InChI is InChI=1S/C29H46O7Si/c1-9-33-26(31)17-24-20(5)25(30)18-29(24)28(7,21(6)36-37(10-2,11-3)12-4)19-34-27(35-29)22-13-15-23(32-8)16-14-22/h13-17,20-21,25,27,30H,9-12,18-19H2,1-8H3/b24-17+/t20-,21+,25+,27?,28+,29-/m0/s1. The molecule has 1 aromatic rings. The quantitative estimate of drug-likeness (QED) is 0.231. The second-order valence-electron chi connectivity index (χ2n) is 10.7. The molecule has 6 atom stereocenters. The van der Waals surface area contributed by atoms with Crippen molar-refractivity contribution in [2.75, 3.05) is 20.3 Å². The summed E-state index contributed by atoms with van der Waals surface area (Å²) in [5.74, 6) is 0.0363. The first-order chi connectivity index (χ1) is 17.5. The molecule has 8 heteroatoms. The topological polar surface area (TPSA) is 83.5 Å². The molecule has 3 rings (SSSR count). The Labute approximate surface area is 223 Å². The van der Waals surface area contributed by atoms with Crippen LogP contribution in [0.5, 0.6) is 5.75 Å². The van der Waals surface area contributed by atoms with Crippen LogP contribution in [0.3, 0.4) is 0 Å². The van der Waals surface area contributed by atoms with Gasteiger partial charge in [0, 0.05) is 29.4 Å². The highest BCUT2D eigenvalue weighted by molar-refractivity contribution is 6.73. The highest BCUT2D eigenvalue weighted by Gasteiger charge is 2.65. The van der Waals surface area contributed by atoms with Crippen LogP contribution in [-0.4, -0.2) is 57.5 Å². The molecule has 2 aliphatic rings. The van der Waals surface area contributed by atoms with E-state index in [4.69, 9.17) is 23.4 Å². The van der Waals surface area contributed by atoms with Crippen LogP contribution in [0, 0.1) is 11.3 Å². The number of benzene rings is 1. The highest BCUT2D eigenvalue weighted by atomic mass is 28.4. The number of aliphatic hydroxyl groups excluding tert-OH is 1. The van der Waals surface area contributed by atoms with Crippen LogP contribution >= 0.6 is 0 Å². The van der Waals surface area contributed by atoms with Gasteiger partial charge < -0.3 is 28.5 Å². The first-order valence-corrected chi connectivity index (χ1v) is 16.3. The highest BCUT2D eigenvalue weighted by Crippen LogP contribution is 2.59. The van der Waals surface area contributed by atoms with Crippen LogP contribution in [0.25, 0.3) is 0 Å². The zero-order valence-electron chi connectivity index (χ0n) is 23.8. The lowest BCUT2D eigenvalue weighted by atomic mass is 9.66. The summed E-state index contributed by atoms with van der Waals surface area (Å²) in [4.78, 5) is 12.7. The minimum Gasteiger partial charge on any atom is -0.497 e. The van der Waals surface area contributed by atoms with Gasteiger partial charge in [0.25, 0.3) is 0 Å². The Balaban J connectivity index is 2.12. The zero-order chi connectivity index (χ0) is 27.4. The van der Waals surface area contributed by atoms with Gasteiger partial charge in [0.15, 0.2) is 14.6 Å². The summed E-state index contributed by atoms with van der Waals surface area (Å²) < 4.78 is 30.9. The van der Waals surface area contributed by atoms with Crippen molar-refractivity contribution < 1.29 is 33.3 Å². The fourth-order valence-corrected chi connectivity index (χ4v) is 9.01. The number of methoxy groups -OCH3 is 1. The van der Waals surface area contributed by atoms with Gasteiger partial charge in [-0.3, -0.25) is 0 Å². The second kappa shape index (κ2) is 12.0. The third-order valence-electron chi connectivity index (χ3n) is 9.00. The summed E-state index contributed by atoms with van der Waals surface area (Å²) in [5.41, 5.74) is -0.0386. The maximum atomic E-state index is 12.7. The third-order valence-corrected chi connectivity index (χ3v) is 13.7. The van der Waals surface area contributed by atoms with E-state index in [-0.39, 0.29) is 18.6 Å². The van der Waals surface area contributed by atoms with E-state index < -0.39 is 37.7 Å². The molecular formula is C29H46O7Si. The Morgan fingerprint density at radius 2 is 1.81 bits per heavy atom. The maximum Gasteiger partial charge on any atom is 0.330 e. The average molecular weight is 535 g/mol. The maximum absolute atomic E-state index is 12.7. The van der Waals surface area contributed by atoms with E-state index in [9.17, 15) is 9.90 Å². The van der Waals surface area contributed by atoms with Gasteiger partial charge in [0.1, 0.15) is 11.4 Å². The summed E-state index contributed by atoms with van der Waals surface area (Å²) in [6, 6.07) is 10.7. The molecule has 0 radical (unpaired) electrons. The molecule has 1 N–H and O–H groups in total. The van der Waals surface area contributed by atoms with Crippen molar-refractivity contribution in [1.29, 1.82) is 0 Å². The molecule has 1 aromatic carbocycles. The molecule has 2 fully saturated rings. The fourth-order valence-electron chi connectivity index (χ4n) is 5.99. The van der Waals surface area contributed by atoms with E-state index in [1.54, 1.807) is 14.0 Å². The van der Waals surface area contributed by atoms with E-state index in [0.717, 1.165) is 35.0 Å². The molecule has 1 unspecified atom stereocenters. The molecule has 1 saturated heterocycles. The van der Waals surface area contributed by atoms with Gasteiger partial charge in [0.05, 0.1) is 32.5 Å². The summed E-state index contributed by atoms with van der Waals surface area (Å²) in [5, 5.41) is 11.2. The zero-order valence-corrected chi connectivity index (χ0v) is 24.8. The summed E-state index contributed by atoms with van der Waals surface area (Å²) >= 11 is 0. The SMILES string of the molecule is CCOC(=O)/C=C1\[C@H](C)[C@H](O)C[C@]12OC(c1ccc(OC)cc1)OC[C@]2(C)[C@@H](C)O[Si](CC)(CC)CC. The minimum absolute atomic E-state index is 0.223. The van der Waals surface area contributed by atoms with Gasteiger partial charge in [0.2, 0.25) is 0 Å². The molecule has 0 aromatic heterocycles. The Bertz CT molecular complexity index is 936. The number of ether oxygens (including phenoxy) is 4. The van der Waals surface area contributed by atoms with Crippen molar-refractivity contribution in [3.8, 4) is 5.75 Å². The molecule has 0 bridgehead atoms. The molecule has 7 nitrogen and oxygen atoms in total. The predicted octanol–water partition coefficient (Wildman–Crippen LogP) is 5.79. The first kappa shape index (κ1) is 29.8. The second-order valence-corrected chi connectivity index (χ2v) is 15.4. The van der Waals surface area contributed by atoms with Crippen molar-refractivity contribution in [2.24, 2.45) is 11.3 Å². The minimum atomic E-state index is -1.97. The van der Waals surface area contributed by atoms with Crippen LogP contribution in [0.1, 0.15) is 66.7 Å². The molecule has 1 heterocycles. The van der Waals surface area contributed by atoms with E-state index in [0.29, 0.717) is 13.0 Å². The summed E-state index contributed by atoms with van der Waals surface area (Å²) in [6.45, 7) is 15.2. The fraction of sp³-hybridized carbons (Fsp3) is 0.690. The van der Waals surface area contributed by atoms with E-state index in [2.05, 4.69) is 34.6 Å². The number of carbonyl (C=O) groups excluding carboxylic acids is 1. The molecule has 208 valence electrons. The summed E-state index contributed by atoms with van der Waals surface area (Å²) in [7, 11) is -0.340. The van der Waals surface area contributed by atoms with Crippen LogP contribution in [0.4, 0.5) is 0 Å². The molecule has 37 heavy (non-hydrogen) atoms. The number of aliphatic hydroxyl groups is 1. The van der Waals surface area contributed by atoms with Crippen LogP contribution in [0.2, 0.25) is 18.1 Å². The van der Waals surface area contributed by atoms with Gasteiger partial charge in [-0.05, 0) is 49.7 Å². The Morgan fingerprint density at radius 3 is 2.35 bits per heavy atom. The number of hydrogen-bond donors (Lipinski definition) is 1. The van der Waals surface area contributed by atoms with Crippen LogP contribution < -0.4 is 4.74 Å². The molecule has 0 amide bonds. The summed E-state index contributed by atoms with van der Waals surface area (Å²) in [6.07, 6.45) is 0.320. The largest absolute Gasteiger partial charge is 0.497 e. The molecule has 1 aliphatic carbocycles. The Hall–Kier alpha value is -1.71. The van der Waals surface area contributed by atoms with Gasteiger partial charge in [-0.25, -0.2) is 4.79 Å². The number of hydrogen-bond acceptors (Lipinski definition) is 7. The van der Waals surface area contributed by atoms with E-state index in [1.165, 1.54) is 6.08 Å². The van der Waals surface area contributed by atoms with Crippen molar-refractivity contribution in [2.45, 2.75) is 97.1 Å². The van der Waals surface area contributed by atoms with Gasteiger partial charge in [-0.15, -0.1) is 0 Å². The lowest BCUT2D eigenvalue weighted by Crippen LogP contribution is -2.62. The smallest absolute Gasteiger partial charge is 0.330 e. The molecule has 1 aliphatic heterocycles. The van der Waals surface area contributed by atoms with Crippen molar-refractivity contribution in [3.63, 3.8) is 0 Å². The van der Waals surface area contributed by atoms with Crippen molar-refractivity contribution in [3.05, 3.63) is 41.5 Å². The van der Waals surface area contributed by atoms with Crippen molar-refractivity contribution in [1.82, 2.24) is 0 Å². The lowest BCUT2D eigenvalue weighted by molar-refractivity contribution is -0.317. The van der Waals surface area contributed by atoms with Gasteiger partial charge in [-0.2, -0.15) is 0 Å². The molecule has 1 saturated carbocycles.